The Morgan fingerprint density at radius 1 is 1.30 bits per heavy atom. The predicted molar refractivity (Wildman–Crippen MR) is 93.2 cm³/mol. The average molecular weight is 351 g/mol. The molecule has 1 aromatic heterocycles. The summed E-state index contributed by atoms with van der Waals surface area (Å²) in [5.41, 5.74) is 1.41. The van der Waals surface area contributed by atoms with Crippen LogP contribution in [0.25, 0.3) is 10.6 Å². The number of hydrogen-bond donors (Lipinski definition) is 1. The van der Waals surface area contributed by atoms with Crippen molar-refractivity contribution in [3.05, 3.63) is 33.8 Å². The molecular weight excluding hydrogens is 332 g/mol. The van der Waals surface area contributed by atoms with Crippen molar-refractivity contribution in [3.63, 3.8) is 0 Å². The van der Waals surface area contributed by atoms with E-state index in [1.807, 2.05) is 6.07 Å². The number of halogens is 1. The number of nitrogens with zero attached hydrogens (tertiary/aromatic N) is 3. The van der Waals surface area contributed by atoms with Crippen molar-refractivity contribution in [2.24, 2.45) is 0 Å². The van der Waals surface area contributed by atoms with Crippen molar-refractivity contribution < 1.29 is 4.79 Å². The third-order valence-electron chi connectivity index (χ3n) is 3.98. The minimum Gasteiger partial charge on any atom is -0.345 e. The van der Waals surface area contributed by atoms with Crippen molar-refractivity contribution in [3.8, 4) is 10.6 Å². The van der Waals surface area contributed by atoms with E-state index in [2.05, 4.69) is 15.5 Å². The van der Waals surface area contributed by atoms with E-state index in [-0.39, 0.29) is 5.91 Å². The third kappa shape index (κ3) is 3.54. The summed E-state index contributed by atoms with van der Waals surface area (Å²) in [6.07, 6.45) is 2.21. The minimum atomic E-state index is -0.103. The zero-order chi connectivity index (χ0) is 16.4. The maximum atomic E-state index is 12.0. The van der Waals surface area contributed by atoms with Gasteiger partial charge in [-0.05, 0) is 38.1 Å². The summed E-state index contributed by atoms with van der Waals surface area (Å²) in [5, 5.41) is 14.4. The van der Waals surface area contributed by atoms with E-state index in [4.69, 9.17) is 11.6 Å². The average Bonchev–Trinajstić information content (AvgIpc) is 3.05. The van der Waals surface area contributed by atoms with Gasteiger partial charge in [0, 0.05) is 25.6 Å². The van der Waals surface area contributed by atoms with E-state index < -0.39 is 0 Å². The number of amides is 1. The number of aromatic nitrogens is 2. The lowest BCUT2D eigenvalue weighted by molar-refractivity contribution is 0.0828. The van der Waals surface area contributed by atoms with Gasteiger partial charge in [0.25, 0.3) is 5.91 Å². The molecular formula is C16H19ClN4OS. The summed E-state index contributed by atoms with van der Waals surface area (Å²) in [5.74, 6) is 0.391. The highest BCUT2D eigenvalue weighted by molar-refractivity contribution is 7.14. The number of carbonyl (C=O) groups excluding carboxylic acids is 1. The van der Waals surface area contributed by atoms with Gasteiger partial charge in [0.2, 0.25) is 0 Å². The molecule has 5 nitrogen and oxygen atoms in total. The summed E-state index contributed by atoms with van der Waals surface area (Å²) >= 11 is 7.89. The molecule has 1 aliphatic rings. The Morgan fingerprint density at radius 3 is 2.70 bits per heavy atom. The topological polar surface area (TPSA) is 58.1 Å². The van der Waals surface area contributed by atoms with Gasteiger partial charge in [-0.15, -0.1) is 10.2 Å². The SMILES string of the molecule is CN(C)C(=O)c1ccc(-c2nnc(C3CCNCC3)s2)cc1Cl. The van der Waals surface area contributed by atoms with Crippen molar-refractivity contribution >= 4 is 28.8 Å². The van der Waals surface area contributed by atoms with Gasteiger partial charge in [0.05, 0.1) is 10.6 Å². The fourth-order valence-electron chi connectivity index (χ4n) is 2.65. The fraction of sp³-hybridized carbons (Fsp3) is 0.438. The molecule has 0 spiro atoms. The van der Waals surface area contributed by atoms with Crippen LogP contribution >= 0.6 is 22.9 Å². The molecule has 2 aromatic rings. The molecule has 1 aliphatic heterocycles. The van der Waals surface area contributed by atoms with Crippen molar-refractivity contribution in [1.82, 2.24) is 20.4 Å². The summed E-state index contributed by atoms with van der Waals surface area (Å²) in [6.45, 7) is 2.07. The van der Waals surface area contributed by atoms with Crippen LogP contribution in [0.4, 0.5) is 0 Å². The van der Waals surface area contributed by atoms with Crippen LogP contribution in [0.1, 0.15) is 34.1 Å². The van der Waals surface area contributed by atoms with Crippen LogP contribution in [-0.4, -0.2) is 48.2 Å². The fourth-order valence-corrected chi connectivity index (χ4v) is 3.92. The van der Waals surface area contributed by atoms with E-state index in [9.17, 15) is 4.79 Å². The molecule has 0 atom stereocenters. The highest BCUT2D eigenvalue weighted by Gasteiger charge is 2.20. The summed E-state index contributed by atoms with van der Waals surface area (Å²) in [6, 6.07) is 5.44. The molecule has 0 saturated carbocycles. The molecule has 1 amide bonds. The molecule has 0 unspecified atom stereocenters. The van der Waals surface area contributed by atoms with E-state index in [1.165, 1.54) is 4.90 Å². The first kappa shape index (κ1) is 16.4. The number of carbonyl (C=O) groups is 1. The van der Waals surface area contributed by atoms with E-state index in [0.717, 1.165) is 41.5 Å². The van der Waals surface area contributed by atoms with E-state index in [1.54, 1.807) is 37.6 Å². The smallest absolute Gasteiger partial charge is 0.254 e. The zero-order valence-corrected chi connectivity index (χ0v) is 14.7. The molecule has 0 radical (unpaired) electrons. The van der Waals surface area contributed by atoms with Crippen molar-refractivity contribution in [2.45, 2.75) is 18.8 Å². The highest BCUT2D eigenvalue weighted by Crippen LogP contribution is 2.33. The quantitative estimate of drug-likeness (QED) is 0.924. The molecule has 0 bridgehead atoms. The van der Waals surface area contributed by atoms with Gasteiger partial charge in [0.15, 0.2) is 0 Å². The van der Waals surface area contributed by atoms with Crippen LogP contribution in [0.15, 0.2) is 18.2 Å². The van der Waals surface area contributed by atoms with Crippen molar-refractivity contribution in [2.75, 3.05) is 27.2 Å². The highest BCUT2D eigenvalue weighted by atomic mass is 35.5. The molecule has 122 valence electrons. The molecule has 3 rings (SSSR count). The summed E-state index contributed by atoms with van der Waals surface area (Å²) in [4.78, 5) is 13.5. The number of piperidine rings is 1. The molecule has 1 N–H and O–H groups in total. The normalized spacial score (nSPS) is 15.6. The summed E-state index contributed by atoms with van der Waals surface area (Å²) < 4.78 is 0. The first-order chi connectivity index (χ1) is 11.1. The second-order valence-electron chi connectivity index (χ2n) is 5.86. The number of hydrogen-bond acceptors (Lipinski definition) is 5. The Labute approximate surface area is 144 Å². The number of nitrogens with one attached hydrogen (secondary N) is 1. The van der Waals surface area contributed by atoms with Crippen LogP contribution in [0.3, 0.4) is 0 Å². The van der Waals surface area contributed by atoms with E-state index in [0.29, 0.717) is 16.5 Å². The van der Waals surface area contributed by atoms with Crippen LogP contribution < -0.4 is 5.32 Å². The maximum Gasteiger partial charge on any atom is 0.254 e. The second-order valence-corrected chi connectivity index (χ2v) is 7.28. The molecule has 1 aromatic carbocycles. The largest absolute Gasteiger partial charge is 0.345 e. The second kappa shape index (κ2) is 6.95. The van der Waals surface area contributed by atoms with Crippen LogP contribution in [-0.2, 0) is 0 Å². The van der Waals surface area contributed by atoms with Crippen LogP contribution in [0.5, 0.6) is 0 Å². The number of rotatable bonds is 3. The lowest BCUT2D eigenvalue weighted by Gasteiger charge is -2.19. The Balaban J connectivity index is 1.83. The maximum absolute atomic E-state index is 12.0. The van der Waals surface area contributed by atoms with E-state index >= 15 is 0 Å². The van der Waals surface area contributed by atoms with Gasteiger partial charge in [-0.25, -0.2) is 0 Å². The molecule has 2 heterocycles. The third-order valence-corrected chi connectivity index (χ3v) is 5.43. The van der Waals surface area contributed by atoms with Gasteiger partial charge in [-0.3, -0.25) is 4.79 Å². The first-order valence-electron chi connectivity index (χ1n) is 7.62. The minimum absolute atomic E-state index is 0.103. The molecule has 23 heavy (non-hydrogen) atoms. The van der Waals surface area contributed by atoms with Gasteiger partial charge in [-0.1, -0.05) is 29.0 Å². The lowest BCUT2D eigenvalue weighted by Crippen LogP contribution is -2.26. The Hall–Kier alpha value is -1.50. The zero-order valence-electron chi connectivity index (χ0n) is 13.2. The van der Waals surface area contributed by atoms with Gasteiger partial charge in [0.1, 0.15) is 10.0 Å². The lowest BCUT2D eigenvalue weighted by atomic mass is 9.99. The van der Waals surface area contributed by atoms with Crippen LogP contribution in [0, 0.1) is 0 Å². The Bertz CT molecular complexity index is 710. The monoisotopic (exact) mass is 350 g/mol. The summed E-state index contributed by atoms with van der Waals surface area (Å²) in [7, 11) is 3.42. The predicted octanol–water partition coefficient (Wildman–Crippen LogP) is 3.03. The van der Waals surface area contributed by atoms with Gasteiger partial charge < -0.3 is 10.2 Å². The van der Waals surface area contributed by atoms with Crippen molar-refractivity contribution in [1.29, 1.82) is 0 Å². The standard InChI is InChI=1S/C16H19ClN4OS/c1-21(2)16(22)12-4-3-11(9-13(12)17)15-20-19-14(23-15)10-5-7-18-8-6-10/h3-4,9-10,18H,5-8H2,1-2H3. The molecule has 0 aliphatic carbocycles. The van der Waals surface area contributed by atoms with Gasteiger partial charge >= 0.3 is 0 Å². The van der Waals surface area contributed by atoms with Gasteiger partial charge in [-0.2, -0.15) is 0 Å². The first-order valence-corrected chi connectivity index (χ1v) is 8.81. The van der Waals surface area contributed by atoms with Crippen LogP contribution in [0.2, 0.25) is 5.02 Å². The Kier molecular flexibility index (Phi) is 4.94. The number of benzene rings is 1. The molecule has 1 saturated heterocycles. The Morgan fingerprint density at radius 2 is 2.04 bits per heavy atom. The molecule has 7 heteroatoms. The molecule has 1 fully saturated rings.